The molecule has 0 aliphatic rings. The molecule has 1 N–H and O–H groups in total. The summed E-state index contributed by atoms with van der Waals surface area (Å²) in [6.07, 6.45) is -0.428. The van der Waals surface area contributed by atoms with E-state index in [-0.39, 0.29) is 6.42 Å². The van der Waals surface area contributed by atoms with E-state index in [0.717, 1.165) is 22.1 Å². The molecule has 5 nitrogen and oxygen atoms in total. The van der Waals surface area contributed by atoms with Crippen molar-refractivity contribution < 1.29 is 19.0 Å². The lowest BCUT2D eigenvalue weighted by molar-refractivity contribution is 0.186. The highest BCUT2D eigenvalue weighted by molar-refractivity contribution is 5.97. The van der Waals surface area contributed by atoms with Gasteiger partial charge < -0.3 is 19.0 Å². The van der Waals surface area contributed by atoms with Gasteiger partial charge >= 0.3 is 5.63 Å². The Morgan fingerprint density at radius 2 is 1.65 bits per heavy atom. The molecule has 0 aliphatic carbocycles. The molecular weight excluding hydrogens is 392 g/mol. The Morgan fingerprint density at radius 3 is 2.35 bits per heavy atom. The predicted molar refractivity (Wildman–Crippen MR) is 121 cm³/mol. The zero-order chi connectivity index (χ0) is 21.8. The maximum atomic E-state index is 12.5. The van der Waals surface area contributed by atoms with E-state index in [1.54, 1.807) is 26.2 Å². The molecule has 31 heavy (non-hydrogen) atoms. The Kier molecular flexibility index (Phi) is 6.05. The van der Waals surface area contributed by atoms with Crippen molar-refractivity contribution in [1.82, 2.24) is 0 Å². The molecule has 1 atom stereocenters. The molecule has 0 amide bonds. The summed E-state index contributed by atoms with van der Waals surface area (Å²) in [5.74, 6) is 1.64. The molecule has 0 radical (unpaired) electrons. The van der Waals surface area contributed by atoms with E-state index < -0.39 is 11.7 Å². The normalized spacial score (nSPS) is 12.0. The van der Waals surface area contributed by atoms with Crippen molar-refractivity contribution in [2.45, 2.75) is 26.1 Å². The van der Waals surface area contributed by atoms with Crippen LogP contribution in [0.25, 0.3) is 21.9 Å². The Morgan fingerprint density at radius 1 is 0.935 bits per heavy atom. The minimum atomic E-state index is -0.654. The highest BCUT2D eigenvalue weighted by Gasteiger charge is 2.18. The first-order chi connectivity index (χ1) is 15.1. The summed E-state index contributed by atoms with van der Waals surface area (Å²) < 4.78 is 17.2. The van der Waals surface area contributed by atoms with E-state index in [1.165, 1.54) is 0 Å². The van der Waals surface area contributed by atoms with Crippen LogP contribution in [-0.4, -0.2) is 18.3 Å². The topological polar surface area (TPSA) is 68.9 Å². The third-order valence-corrected chi connectivity index (χ3v) is 5.08. The van der Waals surface area contributed by atoms with Crippen molar-refractivity contribution in [2.24, 2.45) is 0 Å². The van der Waals surface area contributed by atoms with Gasteiger partial charge in [-0.1, -0.05) is 54.6 Å². The number of fused-ring (bicyclic) bond motifs is 1. The summed E-state index contributed by atoms with van der Waals surface area (Å²) in [4.78, 5) is 12.5. The van der Waals surface area contributed by atoms with Gasteiger partial charge in [0.2, 0.25) is 0 Å². The second kappa shape index (κ2) is 9.06. The average molecular weight is 416 g/mol. The predicted octanol–water partition coefficient (Wildman–Crippen LogP) is 4.97. The van der Waals surface area contributed by atoms with Gasteiger partial charge in [0, 0.05) is 17.4 Å². The van der Waals surface area contributed by atoms with Gasteiger partial charge in [-0.15, -0.1) is 0 Å². The molecule has 0 aliphatic heterocycles. The van der Waals surface area contributed by atoms with Crippen LogP contribution in [0.15, 0.2) is 82.0 Å². The van der Waals surface area contributed by atoms with Crippen LogP contribution in [0.3, 0.4) is 0 Å². The zero-order valence-corrected chi connectivity index (χ0v) is 17.5. The standard InChI is InChI=1S/C26H24O5/c1-17(27)14-24-25(20-10-6-7-11-21(20)26(28)31-24)19-12-13-22(23(15-19)29-2)30-16-18-8-4-3-5-9-18/h3-13,15,17,27H,14,16H2,1-2H3. The van der Waals surface area contributed by atoms with Crippen LogP contribution in [0.4, 0.5) is 0 Å². The van der Waals surface area contributed by atoms with Gasteiger partial charge in [0.25, 0.3) is 0 Å². The van der Waals surface area contributed by atoms with E-state index in [2.05, 4.69) is 0 Å². The van der Waals surface area contributed by atoms with E-state index in [4.69, 9.17) is 13.9 Å². The minimum Gasteiger partial charge on any atom is -0.493 e. The zero-order valence-electron chi connectivity index (χ0n) is 17.5. The second-order valence-corrected chi connectivity index (χ2v) is 7.43. The van der Waals surface area contributed by atoms with Crippen LogP contribution in [0, 0.1) is 0 Å². The number of ether oxygens (including phenoxy) is 2. The van der Waals surface area contributed by atoms with Gasteiger partial charge in [-0.2, -0.15) is 0 Å². The fourth-order valence-corrected chi connectivity index (χ4v) is 3.65. The van der Waals surface area contributed by atoms with Crippen LogP contribution in [0.2, 0.25) is 0 Å². The number of methoxy groups -OCH3 is 1. The molecule has 0 saturated heterocycles. The molecule has 0 bridgehead atoms. The molecule has 4 rings (SSSR count). The third-order valence-electron chi connectivity index (χ3n) is 5.08. The number of hydrogen-bond donors (Lipinski definition) is 1. The van der Waals surface area contributed by atoms with Gasteiger partial charge in [0.1, 0.15) is 12.4 Å². The van der Waals surface area contributed by atoms with Crippen LogP contribution >= 0.6 is 0 Å². The quantitative estimate of drug-likeness (QED) is 0.461. The molecular formula is C26H24O5. The summed E-state index contributed by atoms with van der Waals surface area (Å²) in [6, 6.07) is 22.9. The summed E-state index contributed by atoms with van der Waals surface area (Å²) in [5.41, 5.74) is 2.23. The number of aliphatic hydroxyl groups excluding tert-OH is 1. The molecule has 3 aromatic carbocycles. The van der Waals surface area contributed by atoms with Crippen LogP contribution < -0.4 is 15.1 Å². The Bertz CT molecular complexity index is 1240. The van der Waals surface area contributed by atoms with Gasteiger partial charge in [0.15, 0.2) is 11.5 Å². The van der Waals surface area contributed by atoms with Crippen molar-refractivity contribution in [3.63, 3.8) is 0 Å². The van der Waals surface area contributed by atoms with Crippen LogP contribution in [-0.2, 0) is 13.0 Å². The van der Waals surface area contributed by atoms with Crippen molar-refractivity contribution >= 4 is 10.8 Å². The van der Waals surface area contributed by atoms with Gasteiger partial charge in [-0.05, 0) is 36.2 Å². The highest BCUT2D eigenvalue weighted by atomic mass is 16.5. The van der Waals surface area contributed by atoms with Crippen LogP contribution in [0.5, 0.6) is 11.5 Å². The lowest BCUT2D eigenvalue weighted by atomic mass is 9.96. The number of benzene rings is 3. The Labute approximate surface area is 180 Å². The molecule has 4 aromatic rings. The number of rotatable bonds is 7. The molecule has 5 heteroatoms. The maximum Gasteiger partial charge on any atom is 0.343 e. The van der Waals surface area contributed by atoms with Gasteiger partial charge in [-0.3, -0.25) is 0 Å². The van der Waals surface area contributed by atoms with Gasteiger partial charge in [-0.25, -0.2) is 4.79 Å². The largest absolute Gasteiger partial charge is 0.493 e. The molecule has 158 valence electrons. The molecule has 0 fully saturated rings. The highest BCUT2D eigenvalue weighted by Crippen LogP contribution is 2.37. The second-order valence-electron chi connectivity index (χ2n) is 7.43. The van der Waals surface area contributed by atoms with Gasteiger partial charge in [0.05, 0.1) is 18.6 Å². The molecule has 0 saturated carbocycles. The monoisotopic (exact) mass is 416 g/mol. The molecule has 0 spiro atoms. The van der Waals surface area contributed by atoms with Crippen molar-refractivity contribution in [2.75, 3.05) is 7.11 Å². The van der Waals surface area contributed by atoms with E-state index >= 15 is 0 Å². The first-order valence-electron chi connectivity index (χ1n) is 10.1. The van der Waals surface area contributed by atoms with Crippen molar-refractivity contribution in [1.29, 1.82) is 0 Å². The maximum absolute atomic E-state index is 12.5. The van der Waals surface area contributed by atoms with Crippen molar-refractivity contribution in [3.05, 3.63) is 94.5 Å². The third kappa shape index (κ3) is 4.47. The van der Waals surface area contributed by atoms with E-state index in [0.29, 0.717) is 29.3 Å². The molecule has 1 aromatic heterocycles. The average Bonchev–Trinajstić information content (AvgIpc) is 2.78. The Hall–Kier alpha value is -3.57. The van der Waals surface area contributed by atoms with Crippen LogP contribution in [0.1, 0.15) is 18.2 Å². The van der Waals surface area contributed by atoms with E-state index in [1.807, 2.05) is 60.7 Å². The lowest BCUT2D eigenvalue weighted by Gasteiger charge is -2.16. The Balaban J connectivity index is 1.78. The fourth-order valence-electron chi connectivity index (χ4n) is 3.65. The first kappa shape index (κ1) is 20.7. The lowest BCUT2D eigenvalue weighted by Crippen LogP contribution is -2.11. The smallest absolute Gasteiger partial charge is 0.343 e. The number of hydrogen-bond acceptors (Lipinski definition) is 5. The summed E-state index contributed by atoms with van der Waals surface area (Å²) in [5, 5.41) is 11.2. The number of aliphatic hydroxyl groups is 1. The first-order valence-corrected chi connectivity index (χ1v) is 10.1. The summed E-state index contributed by atoms with van der Waals surface area (Å²) in [7, 11) is 1.59. The fraction of sp³-hybridized carbons (Fsp3) is 0.192. The van der Waals surface area contributed by atoms with E-state index in [9.17, 15) is 9.90 Å². The van der Waals surface area contributed by atoms with Crippen molar-refractivity contribution in [3.8, 4) is 22.6 Å². The minimum absolute atomic E-state index is 0.226. The summed E-state index contributed by atoms with van der Waals surface area (Å²) in [6.45, 7) is 2.09. The summed E-state index contributed by atoms with van der Waals surface area (Å²) >= 11 is 0. The molecule has 1 unspecified atom stereocenters. The molecule has 1 heterocycles. The SMILES string of the molecule is COc1cc(-c2c(CC(C)O)oc(=O)c3ccccc23)ccc1OCc1ccccc1.